The molecule has 4 aromatic rings. The van der Waals surface area contributed by atoms with Gasteiger partial charge in [-0.3, -0.25) is 10.1 Å². The largest absolute Gasteiger partial charge is 0.403 e. The van der Waals surface area contributed by atoms with Gasteiger partial charge < -0.3 is 4.42 Å². The Bertz CT molecular complexity index is 1390. The lowest BCUT2D eigenvalue weighted by atomic mass is 10.2. The molecule has 0 aliphatic carbocycles. The SMILES string of the molecule is CCN(Cc1ccccc1)S(=O)(=O)c1ccc(C(=O)Nc2nnc(-c3ccc(SC)cc3)o2)cc1. The summed E-state index contributed by atoms with van der Waals surface area (Å²) in [6.45, 7) is 2.37. The van der Waals surface area contributed by atoms with Crippen LogP contribution in [-0.2, 0) is 16.6 Å². The van der Waals surface area contributed by atoms with E-state index in [2.05, 4.69) is 15.5 Å². The monoisotopic (exact) mass is 508 g/mol. The third-order valence-electron chi connectivity index (χ3n) is 5.29. The fourth-order valence-corrected chi connectivity index (χ4v) is 5.22. The summed E-state index contributed by atoms with van der Waals surface area (Å²) in [4.78, 5) is 13.9. The molecule has 1 heterocycles. The molecule has 0 fully saturated rings. The minimum Gasteiger partial charge on any atom is -0.403 e. The molecule has 0 aliphatic heterocycles. The van der Waals surface area contributed by atoms with E-state index in [-0.39, 0.29) is 28.9 Å². The third kappa shape index (κ3) is 5.79. The number of nitrogens with zero attached hydrogens (tertiary/aromatic N) is 3. The average Bonchev–Trinajstić information content (AvgIpc) is 3.36. The highest BCUT2D eigenvalue weighted by Gasteiger charge is 2.23. The molecule has 3 aromatic carbocycles. The zero-order valence-corrected chi connectivity index (χ0v) is 20.8. The molecule has 8 nitrogen and oxygen atoms in total. The van der Waals surface area contributed by atoms with Gasteiger partial charge in [-0.1, -0.05) is 42.4 Å². The van der Waals surface area contributed by atoms with Gasteiger partial charge in [0.15, 0.2) is 0 Å². The maximum absolute atomic E-state index is 13.1. The van der Waals surface area contributed by atoms with Gasteiger partial charge in [0.1, 0.15) is 0 Å². The van der Waals surface area contributed by atoms with Crippen molar-refractivity contribution in [2.24, 2.45) is 0 Å². The summed E-state index contributed by atoms with van der Waals surface area (Å²) >= 11 is 1.63. The molecule has 35 heavy (non-hydrogen) atoms. The number of sulfonamides is 1. The zero-order chi connectivity index (χ0) is 24.8. The maximum atomic E-state index is 13.1. The Balaban J connectivity index is 1.44. The van der Waals surface area contributed by atoms with Crippen LogP contribution in [0.5, 0.6) is 0 Å². The standard InChI is InChI=1S/C25H24N4O4S2/c1-3-29(17-18-7-5-4-6-8-18)35(31,32)22-15-11-19(12-16-22)23(30)26-25-28-27-24(33-25)20-9-13-21(34-2)14-10-20/h4-16H,3,17H2,1-2H3,(H,26,28,30). The van der Waals surface area contributed by atoms with E-state index in [9.17, 15) is 13.2 Å². The average molecular weight is 509 g/mol. The first-order valence-electron chi connectivity index (χ1n) is 10.8. The predicted molar refractivity (Wildman–Crippen MR) is 136 cm³/mol. The van der Waals surface area contributed by atoms with E-state index in [0.717, 1.165) is 16.0 Å². The number of anilines is 1. The molecule has 10 heteroatoms. The number of amides is 1. The van der Waals surface area contributed by atoms with Gasteiger partial charge in [-0.25, -0.2) is 8.42 Å². The first-order chi connectivity index (χ1) is 16.9. The number of rotatable bonds is 9. The van der Waals surface area contributed by atoms with Crippen LogP contribution in [0.15, 0.2) is 93.1 Å². The molecule has 4 rings (SSSR count). The van der Waals surface area contributed by atoms with E-state index in [0.29, 0.717) is 6.54 Å². The molecule has 1 amide bonds. The minimum atomic E-state index is -3.72. The van der Waals surface area contributed by atoms with E-state index in [1.54, 1.807) is 18.7 Å². The summed E-state index contributed by atoms with van der Waals surface area (Å²) in [5.74, 6) is -0.203. The molecule has 0 unspecified atom stereocenters. The second-order valence-electron chi connectivity index (χ2n) is 7.54. The maximum Gasteiger partial charge on any atom is 0.322 e. The van der Waals surface area contributed by atoms with E-state index in [1.165, 1.54) is 28.6 Å². The Labute approximate surface area is 208 Å². The van der Waals surface area contributed by atoms with E-state index >= 15 is 0 Å². The van der Waals surface area contributed by atoms with E-state index in [4.69, 9.17) is 4.42 Å². The molecule has 0 atom stereocenters. The number of benzene rings is 3. The van der Waals surface area contributed by atoms with Crippen molar-refractivity contribution in [2.75, 3.05) is 18.1 Å². The van der Waals surface area contributed by atoms with Crippen molar-refractivity contribution in [2.45, 2.75) is 23.3 Å². The van der Waals surface area contributed by atoms with Crippen molar-refractivity contribution >= 4 is 33.7 Å². The highest BCUT2D eigenvalue weighted by Crippen LogP contribution is 2.24. The molecule has 1 aromatic heterocycles. The number of hydrogen-bond acceptors (Lipinski definition) is 7. The van der Waals surface area contributed by atoms with Crippen LogP contribution in [0.1, 0.15) is 22.8 Å². The van der Waals surface area contributed by atoms with Crippen LogP contribution in [0.3, 0.4) is 0 Å². The van der Waals surface area contributed by atoms with Crippen molar-refractivity contribution in [1.82, 2.24) is 14.5 Å². The lowest BCUT2D eigenvalue weighted by Crippen LogP contribution is -2.30. The topological polar surface area (TPSA) is 105 Å². The van der Waals surface area contributed by atoms with Crippen molar-refractivity contribution in [3.63, 3.8) is 0 Å². The van der Waals surface area contributed by atoms with Gasteiger partial charge in [-0.2, -0.15) is 4.31 Å². The van der Waals surface area contributed by atoms with Crippen LogP contribution < -0.4 is 5.32 Å². The van der Waals surface area contributed by atoms with Crippen LogP contribution >= 0.6 is 11.8 Å². The Morgan fingerprint density at radius 1 is 0.971 bits per heavy atom. The van der Waals surface area contributed by atoms with Crippen molar-refractivity contribution in [3.8, 4) is 11.5 Å². The number of hydrogen-bond donors (Lipinski definition) is 1. The first-order valence-corrected chi connectivity index (χ1v) is 13.5. The second kappa shape index (κ2) is 10.9. The van der Waals surface area contributed by atoms with Gasteiger partial charge in [0.2, 0.25) is 15.9 Å². The Morgan fingerprint density at radius 3 is 2.29 bits per heavy atom. The molecule has 0 aliphatic rings. The molecule has 0 saturated heterocycles. The summed E-state index contributed by atoms with van der Waals surface area (Å²) in [6, 6.07) is 22.7. The predicted octanol–water partition coefficient (Wildman–Crippen LogP) is 4.92. The fraction of sp³-hybridized carbons (Fsp3) is 0.160. The number of thioether (sulfide) groups is 1. The molecule has 0 spiro atoms. The first kappa shape index (κ1) is 24.6. The van der Waals surface area contributed by atoms with Crippen LogP contribution in [0.2, 0.25) is 0 Å². The smallest absolute Gasteiger partial charge is 0.322 e. The number of carbonyl (C=O) groups is 1. The van der Waals surface area contributed by atoms with Crippen LogP contribution in [0.25, 0.3) is 11.5 Å². The van der Waals surface area contributed by atoms with E-state index in [1.807, 2.05) is 60.9 Å². The van der Waals surface area contributed by atoms with E-state index < -0.39 is 15.9 Å². The highest BCUT2D eigenvalue weighted by molar-refractivity contribution is 7.98. The lowest BCUT2D eigenvalue weighted by molar-refractivity contribution is 0.102. The van der Waals surface area contributed by atoms with Crippen molar-refractivity contribution < 1.29 is 17.6 Å². The van der Waals surface area contributed by atoms with Gasteiger partial charge >= 0.3 is 6.01 Å². The number of carbonyl (C=O) groups excluding carboxylic acids is 1. The molecular weight excluding hydrogens is 484 g/mol. The van der Waals surface area contributed by atoms with Gasteiger partial charge in [0.25, 0.3) is 5.91 Å². The number of nitrogens with one attached hydrogen (secondary N) is 1. The molecule has 0 bridgehead atoms. The second-order valence-corrected chi connectivity index (χ2v) is 10.4. The van der Waals surface area contributed by atoms with Crippen LogP contribution in [0, 0.1) is 0 Å². The van der Waals surface area contributed by atoms with Crippen molar-refractivity contribution in [3.05, 3.63) is 90.0 Å². The molecular formula is C25H24N4O4S2. The number of aromatic nitrogens is 2. The Hall–Kier alpha value is -3.47. The van der Waals surface area contributed by atoms with Crippen LogP contribution in [-0.4, -0.2) is 41.6 Å². The minimum absolute atomic E-state index is 0.0457. The highest BCUT2D eigenvalue weighted by atomic mass is 32.2. The molecule has 0 saturated carbocycles. The van der Waals surface area contributed by atoms with Gasteiger partial charge in [0, 0.05) is 29.1 Å². The summed E-state index contributed by atoms with van der Waals surface area (Å²) in [7, 11) is -3.72. The third-order valence-corrected chi connectivity index (χ3v) is 7.97. The van der Waals surface area contributed by atoms with Gasteiger partial charge in [0.05, 0.1) is 4.90 Å². The van der Waals surface area contributed by atoms with Crippen LogP contribution in [0.4, 0.5) is 6.01 Å². The summed E-state index contributed by atoms with van der Waals surface area (Å²) in [5.41, 5.74) is 1.90. The Kier molecular flexibility index (Phi) is 7.64. The lowest BCUT2D eigenvalue weighted by Gasteiger charge is -2.20. The summed E-state index contributed by atoms with van der Waals surface area (Å²) < 4.78 is 33.2. The Morgan fingerprint density at radius 2 is 1.66 bits per heavy atom. The quantitative estimate of drug-likeness (QED) is 0.320. The zero-order valence-electron chi connectivity index (χ0n) is 19.2. The molecule has 180 valence electrons. The fourth-order valence-electron chi connectivity index (χ4n) is 3.37. The molecule has 1 N–H and O–H groups in total. The summed E-state index contributed by atoms with van der Waals surface area (Å²) in [6.07, 6.45) is 1.99. The molecule has 0 radical (unpaired) electrons. The summed E-state index contributed by atoms with van der Waals surface area (Å²) in [5, 5.41) is 10.4. The van der Waals surface area contributed by atoms with Crippen molar-refractivity contribution in [1.29, 1.82) is 0 Å². The van der Waals surface area contributed by atoms with Gasteiger partial charge in [-0.05, 0) is 60.4 Å². The van der Waals surface area contributed by atoms with Gasteiger partial charge in [-0.15, -0.1) is 16.9 Å². The normalized spacial score (nSPS) is 11.5.